The van der Waals surface area contributed by atoms with Gasteiger partial charge in [-0.2, -0.15) is 4.98 Å². The van der Waals surface area contributed by atoms with Gasteiger partial charge in [-0.1, -0.05) is 60.7 Å². The van der Waals surface area contributed by atoms with Crippen molar-refractivity contribution in [1.82, 2.24) is 24.0 Å². The first-order valence-electron chi connectivity index (χ1n) is 12.1. The standard InChI is InChI=1S/C27H26N6O3.ClH/c1-30-24-23(25(35)33(27(30)36)17-22(34)19-10-6-3-7-11-19)32(16-18-8-4-2-5-9-18)26(29-24)31-13-12-20-14-28-15-21(20)31;/h2-11,15,20,28H,12-14,16-17H2,1H3;1H. The van der Waals surface area contributed by atoms with Crippen LogP contribution in [0.1, 0.15) is 22.3 Å². The van der Waals surface area contributed by atoms with Crippen LogP contribution < -0.4 is 21.5 Å². The highest BCUT2D eigenvalue weighted by atomic mass is 35.5. The zero-order valence-corrected chi connectivity index (χ0v) is 21.1. The van der Waals surface area contributed by atoms with Crippen LogP contribution in [0.4, 0.5) is 5.95 Å². The zero-order chi connectivity index (χ0) is 24.8. The Morgan fingerprint density at radius 1 is 1.03 bits per heavy atom. The number of imidazole rings is 1. The number of aryl methyl sites for hydroxylation is 1. The number of ketones is 1. The molecule has 2 aromatic heterocycles. The second-order valence-electron chi connectivity index (χ2n) is 9.29. The molecule has 0 spiro atoms. The fourth-order valence-corrected chi connectivity index (χ4v) is 5.19. The lowest BCUT2D eigenvalue weighted by Gasteiger charge is -2.20. The summed E-state index contributed by atoms with van der Waals surface area (Å²) in [6.45, 7) is 1.75. The van der Waals surface area contributed by atoms with E-state index in [1.807, 2.05) is 47.2 Å². The first-order valence-corrected chi connectivity index (χ1v) is 12.1. The largest absolute Gasteiger partial charge is 0.389 e. The highest BCUT2D eigenvalue weighted by Gasteiger charge is 2.35. The number of anilines is 1. The van der Waals surface area contributed by atoms with Crippen LogP contribution in [0.2, 0.25) is 0 Å². The second kappa shape index (κ2) is 9.74. The fourth-order valence-electron chi connectivity index (χ4n) is 5.19. The van der Waals surface area contributed by atoms with Crippen molar-refractivity contribution in [3.05, 3.63) is 105 Å². The average molecular weight is 519 g/mol. The van der Waals surface area contributed by atoms with Crippen molar-refractivity contribution >= 4 is 35.3 Å². The molecule has 1 atom stereocenters. The van der Waals surface area contributed by atoms with Gasteiger partial charge in [0, 0.05) is 43.5 Å². The number of nitrogens with one attached hydrogen (secondary N) is 1. The molecule has 0 radical (unpaired) electrons. The van der Waals surface area contributed by atoms with E-state index in [2.05, 4.69) is 10.2 Å². The summed E-state index contributed by atoms with van der Waals surface area (Å²) >= 11 is 0. The Balaban J connectivity index is 0.00000280. The molecule has 0 amide bonds. The minimum absolute atomic E-state index is 0. The van der Waals surface area contributed by atoms with Crippen molar-refractivity contribution in [2.24, 2.45) is 13.0 Å². The Morgan fingerprint density at radius 2 is 1.73 bits per heavy atom. The maximum atomic E-state index is 13.8. The Morgan fingerprint density at radius 3 is 2.46 bits per heavy atom. The molecule has 0 saturated carbocycles. The SMILES string of the molecule is Cl.Cn1c(=O)n(CC(=O)c2ccccc2)c(=O)c2c1nc(N1CCC3CNC=C31)n2Cc1ccccc1. The van der Waals surface area contributed by atoms with Crippen molar-refractivity contribution in [3.8, 4) is 0 Å². The van der Waals surface area contributed by atoms with Gasteiger partial charge >= 0.3 is 5.69 Å². The molecule has 190 valence electrons. The lowest BCUT2D eigenvalue weighted by atomic mass is 10.1. The summed E-state index contributed by atoms with van der Waals surface area (Å²) in [7, 11) is 1.60. The third kappa shape index (κ3) is 4.15. The minimum atomic E-state index is -0.561. The van der Waals surface area contributed by atoms with E-state index in [9.17, 15) is 14.4 Å². The molecule has 1 saturated heterocycles. The second-order valence-corrected chi connectivity index (χ2v) is 9.29. The van der Waals surface area contributed by atoms with Crippen molar-refractivity contribution in [1.29, 1.82) is 0 Å². The summed E-state index contributed by atoms with van der Waals surface area (Å²) in [5, 5.41) is 3.31. The number of fused-ring (bicyclic) bond motifs is 2. The number of carbonyl (C=O) groups excluding carboxylic acids is 1. The van der Waals surface area contributed by atoms with E-state index in [-0.39, 0.29) is 24.7 Å². The maximum absolute atomic E-state index is 13.8. The molecule has 6 rings (SSSR count). The van der Waals surface area contributed by atoms with Crippen molar-refractivity contribution in [3.63, 3.8) is 0 Å². The highest BCUT2D eigenvalue weighted by molar-refractivity contribution is 5.96. The lowest BCUT2D eigenvalue weighted by molar-refractivity contribution is 0.0969. The molecular formula is C27H27ClN6O3. The normalized spacial score (nSPS) is 16.3. The smallest absolute Gasteiger partial charge is 0.332 e. The van der Waals surface area contributed by atoms with Gasteiger partial charge in [0.15, 0.2) is 16.9 Å². The van der Waals surface area contributed by atoms with Crippen LogP contribution in [-0.2, 0) is 20.1 Å². The van der Waals surface area contributed by atoms with E-state index in [4.69, 9.17) is 4.98 Å². The van der Waals surface area contributed by atoms with Crippen LogP contribution in [0.5, 0.6) is 0 Å². The Labute approximate surface area is 219 Å². The molecule has 1 unspecified atom stereocenters. The number of rotatable bonds is 6. The van der Waals surface area contributed by atoms with Gasteiger partial charge in [0.25, 0.3) is 5.56 Å². The number of nitrogens with zero attached hydrogens (tertiary/aromatic N) is 5. The van der Waals surface area contributed by atoms with Crippen LogP contribution in [0.25, 0.3) is 11.2 Å². The van der Waals surface area contributed by atoms with Gasteiger partial charge in [-0.3, -0.25) is 23.3 Å². The number of halogens is 1. The van der Waals surface area contributed by atoms with Crippen LogP contribution in [0, 0.1) is 5.92 Å². The number of hydrogen-bond donors (Lipinski definition) is 1. The number of hydrogen-bond acceptors (Lipinski definition) is 6. The molecule has 9 nitrogen and oxygen atoms in total. The van der Waals surface area contributed by atoms with E-state index in [1.165, 1.54) is 4.57 Å². The molecule has 2 aliphatic heterocycles. The van der Waals surface area contributed by atoms with E-state index < -0.39 is 11.2 Å². The molecule has 10 heteroatoms. The molecule has 4 aromatic rings. The molecule has 4 heterocycles. The topological polar surface area (TPSA) is 94.2 Å². The van der Waals surface area contributed by atoms with Crippen LogP contribution in [0.15, 0.2) is 82.1 Å². The van der Waals surface area contributed by atoms with Crippen LogP contribution in [0.3, 0.4) is 0 Å². The van der Waals surface area contributed by atoms with E-state index >= 15 is 0 Å². The van der Waals surface area contributed by atoms with Crippen molar-refractivity contribution < 1.29 is 4.79 Å². The number of benzene rings is 2. The van der Waals surface area contributed by atoms with Crippen molar-refractivity contribution in [2.45, 2.75) is 19.5 Å². The third-order valence-electron chi connectivity index (χ3n) is 7.08. The van der Waals surface area contributed by atoms with Crippen LogP contribution in [-0.4, -0.2) is 37.6 Å². The lowest BCUT2D eigenvalue weighted by Crippen LogP contribution is -2.41. The number of carbonyl (C=O) groups is 1. The molecule has 2 aromatic carbocycles. The summed E-state index contributed by atoms with van der Waals surface area (Å²) in [4.78, 5) is 47.0. The first-order chi connectivity index (χ1) is 17.5. The summed E-state index contributed by atoms with van der Waals surface area (Å²) in [6.07, 6.45) is 3.00. The van der Waals surface area contributed by atoms with Gasteiger partial charge in [-0.15, -0.1) is 12.4 Å². The van der Waals surface area contributed by atoms with Gasteiger partial charge in [0.05, 0.1) is 13.1 Å². The summed E-state index contributed by atoms with van der Waals surface area (Å²) < 4.78 is 4.28. The van der Waals surface area contributed by atoms with Gasteiger partial charge < -0.3 is 10.2 Å². The predicted molar refractivity (Wildman–Crippen MR) is 144 cm³/mol. The molecular weight excluding hydrogens is 492 g/mol. The molecule has 37 heavy (non-hydrogen) atoms. The number of Topliss-reactive ketones (excluding diaryl/α,β-unsaturated/α-hetero) is 1. The van der Waals surface area contributed by atoms with Gasteiger partial charge in [-0.05, 0) is 12.0 Å². The first kappa shape index (κ1) is 24.6. The van der Waals surface area contributed by atoms with E-state index in [0.717, 1.165) is 35.3 Å². The highest BCUT2D eigenvalue weighted by Crippen LogP contribution is 2.35. The van der Waals surface area contributed by atoms with Gasteiger partial charge in [-0.25, -0.2) is 4.79 Å². The average Bonchev–Trinajstić information content (AvgIpc) is 3.62. The number of aromatic nitrogens is 4. The zero-order valence-electron chi connectivity index (χ0n) is 20.3. The Bertz CT molecular complexity index is 1620. The van der Waals surface area contributed by atoms with Crippen molar-refractivity contribution in [2.75, 3.05) is 18.0 Å². The Hall–Kier alpha value is -4.11. The van der Waals surface area contributed by atoms with Crippen LogP contribution >= 0.6 is 12.4 Å². The molecule has 0 aliphatic carbocycles. The van der Waals surface area contributed by atoms with E-state index in [0.29, 0.717) is 35.1 Å². The molecule has 1 fully saturated rings. The quantitative estimate of drug-likeness (QED) is 0.394. The molecule has 0 bridgehead atoms. The third-order valence-corrected chi connectivity index (χ3v) is 7.08. The van der Waals surface area contributed by atoms with Gasteiger partial charge in [0.2, 0.25) is 5.95 Å². The molecule has 2 aliphatic rings. The summed E-state index contributed by atoms with van der Waals surface area (Å²) in [5.74, 6) is 0.734. The fraction of sp³-hybridized carbons (Fsp3) is 0.259. The Kier molecular flexibility index (Phi) is 6.47. The summed E-state index contributed by atoms with van der Waals surface area (Å²) in [6, 6.07) is 18.5. The minimum Gasteiger partial charge on any atom is -0.389 e. The predicted octanol–water partition coefficient (Wildman–Crippen LogP) is 2.52. The van der Waals surface area contributed by atoms with E-state index in [1.54, 1.807) is 31.3 Å². The maximum Gasteiger partial charge on any atom is 0.332 e. The van der Waals surface area contributed by atoms with Gasteiger partial charge in [0.1, 0.15) is 0 Å². The molecule has 1 N–H and O–H groups in total. The summed E-state index contributed by atoms with van der Waals surface area (Å²) in [5.41, 5.74) is 2.15. The monoisotopic (exact) mass is 518 g/mol.